The molecular weight excluding hydrogens is 294 g/mol. The molecule has 5 heteroatoms. The SMILES string of the molecule is COc1ccc([C@H]2C[C@@H](NC(C)=O)[C@@H]3CCCC[C@H]3O2)cc1O. The van der Waals surface area contributed by atoms with Crippen LogP contribution in [0.3, 0.4) is 0 Å². The van der Waals surface area contributed by atoms with Gasteiger partial charge in [0.05, 0.1) is 19.3 Å². The minimum absolute atomic E-state index is 0.0116. The first-order valence-corrected chi connectivity index (χ1v) is 8.38. The van der Waals surface area contributed by atoms with Crippen molar-refractivity contribution >= 4 is 5.91 Å². The minimum atomic E-state index is -0.108. The second kappa shape index (κ2) is 6.79. The molecule has 3 rings (SSSR count). The Bertz CT molecular complexity index is 574. The number of rotatable bonds is 3. The van der Waals surface area contributed by atoms with Gasteiger partial charge in [0.2, 0.25) is 5.91 Å². The van der Waals surface area contributed by atoms with E-state index in [2.05, 4.69) is 5.32 Å². The summed E-state index contributed by atoms with van der Waals surface area (Å²) in [5, 5.41) is 13.1. The Morgan fingerprint density at radius 1 is 1.35 bits per heavy atom. The van der Waals surface area contributed by atoms with Crippen molar-refractivity contribution in [1.29, 1.82) is 0 Å². The second-order valence-corrected chi connectivity index (χ2v) is 6.59. The van der Waals surface area contributed by atoms with Crippen LogP contribution in [-0.4, -0.2) is 30.3 Å². The largest absolute Gasteiger partial charge is 0.504 e. The van der Waals surface area contributed by atoms with Crippen LogP contribution in [0.2, 0.25) is 0 Å². The van der Waals surface area contributed by atoms with Gasteiger partial charge < -0.3 is 19.9 Å². The smallest absolute Gasteiger partial charge is 0.217 e. The summed E-state index contributed by atoms with van der Waals surface area (Å²) >= 11 is 0. The van der Waals surface area contributed by atoms with Gasteiger partial charge in [-0.05, 0) is 37.0 Å². The van der Waals surface area contributed by atoms with Gasteiger partial charge in [-0.15, -0.1) is 0 Å². The van der Waals surface area contributed by atoms with Gasteiger partial charge in [-0.3, -0.25) is 4.79 Å². The van der Waals surface area contributed by atoms with Gasteiger partial charge in [-0.25, -0.2) is 0 Å². The highest BCUT2D eigenvalue weighted by atomic mass is 16.5. The number of fused-ring (bicyclic) bond motifs is 1. The van der Waals surface area contributed by atoms with E-state index in [-0.39, 0.29) is 29.9 Å². The number of carbonyl (C=O) groups excluding carboxylic acids is 1. The Hall–Kier alpha value is -1.75. The maximum absolute atomic E-state index is 11.6. The lowest BCUT2D eigenvalue weighted by Gasteiger charge is -2.45. The third-order valence-electron chi connectivity index (χ3n) is 5.04. The van der Waals surface area contributed by atoms with Crippen molar-refractivity contribution < 1.29 is 19.4 Å². The number of carbonyl (C=O) groups is 1. The Kier molecular flexibility index (Phi) is 4.76. The number of aromatic hydroxyl groups is 1. The van der Waals surface area contributed by atoms with Crippen molar-refractivity contribution in [3.8, 4) is 11.5 Å². The first kappa shape index (κ1) is 16.1. The predicted molar refractivity (Wildman–Crippen MR) is 86.5 cm³/mol. The van der Waals surface area contributed by atoms with Crippen molar-refractivity contribution in [3.63, 3.8) is 0 Å². The van der Waals surface area contributed by atoms with Crippen LogP contribution in [0.15, 0.2) is 18.2 Å². The second-order valence-electron chi connectivity index (χ2n) is 6.59. The summed E-state index contributed by atoms with van der Waals surface area (Å²) in [5.41, 5.74) is 0.933. The molecule has 4 atom stereocenters. The van der Waals surface area contributed by atoms with Gasteiger partial charge in [-0.1, -0.05) is 18.9 Å². The van der Waals surface area contributed by atoms with Crippen LogP contribution < -0.4 is 10.1 Å². The maximum atomic E-state index is 11.6. The Balaban J connectivity index is 1.82. The fraction of sp³-hybridized carbons (Fsp3) is 0.611. The number of benzene rings is 1. The lowest BCUT2D eigenvalue weighted by atomic mass is 9.76. The summed E-state index contributed by atoms with van der Waals surface area (Å²) in [6.45, 7) is 1.57. The zero-order valence-corrected chi connectivity index (χ0v) is 13.7. The van der Waals surface area contributed by atoms with E-state index in [0.29, 0.717) is 11.7 Å². The summed E-state index contributed by atoms with van der Waals surface area (Å²) in [4.78, 5) is 11.6. The molecular formula is C18H25NO4. The third-order valence-corrected chi connectivity index (χ3v) is 5.04. The molecule has 2 fully saturated rings. The summed E-state index contributed by atoms with van der Waals surface area (Å²) < 4.78 is 11.4. The molecule has 126 valence electrons. The standard InChI is InChI=1S/C18H25NO4/c1-11(20)19-14-10-18(23-16-6-4-3-5-13(14)16)12-7-8-17(22-2)15(21)9-12/h7-9,13-14,16,18,21H,3-6,10H2,1-2H3,(H,19,20)/t13-,14+,16+,18+/m0/s1. The monoisotopic (exact) mass is 319 g/mol. The molecule has 23 heavy (non-hydrogen) atoms. The number of amides is 1. The molecule has 0 bridgehead atoms. The van der Waals surface area contributed by atoms with Crippen LogP contribution in [0, 0.1) is 5.92 Å². The molecule has 2 N–H and O–H groups in total. The van der Waals surface area contributed by atoms with Crippen molar-refractivity contribution in [3.05, 3.63) is 23.8 Å². The van der Waals surface area contributed by atoms with Crippen molar-refractivity contribution in [2.75, 3.05) is 7.11 Å². The molecule has 1 aliphatic heterocycles. The summed E-state index contributed by atoms with van der Waals surface area (Å²) in [6, 6.07) is 5.53. The molecule has 0 radical (unpaired) electrons. The first-order valence-electron chi connectivity index (χ1n) is 8.38. The van der Waals surface area contributed by atoms with Gasteiger partial charge >= 0.3 is 0 Å². The van der Waals surface area contributed by atoms with Crippen LogP contribution in [-0.2, 0) is 9.53 Å². The van der Waals surface area contributed by atoms with E-state index in [1.165, 1.54) is 20.0 Å². The number of hydrogen-bond donors (Lipinski definition) is 2. The van der Waals surface area contributed by atoms with E-state index in [0.717, 1.165) is 24.8 Å². The van der Waals surface area contributed by atoms with E-state index in [1.807, 2.05) is 6.07 Å². The van der Waals surface area contributed by atoms with Gasteiger partial charge in [0.1, 0.15) is 0 Å². The molecule has 1 aromatic carbocycles. The zero-order valence-electron chi connectivity index (χ0n) is 13.7. The molecule has 5 nitrogen and oxygen atoms in total. The van der Waals surface area contributed by atoms with E-state index in [9.17, 15) is 9.90 Å². The highest BCUT2D eigenvalue weighted by Gasteiger charge is 2.40. The Labute approximate surface area is 137 Å². The zero-order chi connectivity index (χ0) is 16.4. The van der Waals surface area contributed by atoms with Gasteiger partial charge in [0.25, 0.3) is 0 Å². The molecule has 0 spiro atoms. The van der Waals surface area contributed by atoms with Crippen molar-refractivity contribution in [1.82, 2.24) is 5.32 Å². The minimum Gasteiger partial charge on any atom is -0.504 e. The molecule has 0 unspecified atom stereocenters. The van der Waals surface area contributed by atoms with E-state index in [4.69, 9.17) is 9.47 Å². The Morgan fingerprint density at radius 3 is 2.83 bits per heavy atom. The summed E-state index contributed by atoms with van der Waals surface area (Å²) in [7, 11) is 1.53. The predicted octanol–water partition coefficient (Wildman–Crippen LogP) is 2.93. The molecule has 1 saturated heterocycles. The van der Waals surface area contributed by atoms with Gasteiger partial charge in [0.15, 0.2) is 11.5 Å². The van der Waals surface area contributed by atoms with E-state index >= 15 is 0 Å². The van der Waals surface area contributed by atoms with Crippen LogP contribution in [0.4, 0.5) is 0 Å². The third kappa shape index (κ3) is 3.44. The van der Waals surface area contributed by atoms with Crippen molar-refractivity contribution in [2.45, 2.75) is 57.3 Å². The van der Waals surface area contributed by atoms with Crippen LogP contribution in [0.1, 0.15) is 50.7 Å². The molecule has 1 amide bonds. The lowest BCUT2D eigenvalue weighted by Crippen LogP contribution is -2.50. The van der Waals surface area contributed by atoms with Gasteiger partial charge in [0, 0.05) is 18.9 Å². The van der Waals surface area contributed by atoms with E-state index in [1.54, 1.807) is 19.1 Å². The molecule has 1 heterocycles. The maximum Gasteiger partial charge on any atom is 0.217 e. The topological polar surface area (TPSA) is 67.8 Å². The van der Waals surface area contributed by atoms with Crippen molar-refractivity contribution in [2.24, 2.45) is 5.92 Å². The van der Waals surface area contributed by atoms with Crippen LogP contribution >= 0.6 is 0 Å². The normalized spacial score (nSPS) is 30.3. The van der Waals surface area contributed by atoms with Crippen LogP contribution in [0.5, 0.6) is 11.5 Å². The average molecular weight is 319 g/mol. The lowest BCUT2D eigenvalue weighted by molar-refractivity contribution is -0.131. The molecule has 1 aromatic rings. The molecule has 2 aliphatic rings. The van der Waals surface area contributed by atoms with E-state index < -0.39 is 0 Å². The first-order chi connectivity index (χ1) is 11.1. The highest BCUT2D eigenvalue weighted by molar-refractivity contribution is 5.73. The molecule has 0 aromatic heterocycles. The van der Waals surface area contributed by atoms with Gasteiger partial charge in [-0.2, -0.15) is 0 Å². The summed E-state index contributed by atoms with van der Waals surface area (Å²) in [6.07, 6.45) is 5.34. The number of phenols is 1. The quantitative estimate of drug-likeness (QED) is 0.899. The number of ether oxygens (including phenoxy) is 2. The summed E-state index contributed by atoms with van der Waals surface area (Å²) in [5.74, 6) is 0.988. The Morgan fingerprint density at radius 2 is 2.13 bits per heavy atom. The average Bonchev–Trinajstić information content (AvgIpc) is 2.54. The number of nitrogens with one attached hydrogen (secondary N) is 1. The highest BCUT2D eigenvalue weighted by Crippen LogP contribution is 2.42. The molecule has 1 aliphatic carbocycles. The number of methoxy groups -OCH3 is 1. The van der Waals surface area contributed by atoms with Crippen LogP contribution in [0.25, 0.3) is 0 Å². The number of phenolic OH excluding ortho intramolecular Hbond substituents is 1. The number of hydrogen-bond acceptors (Lipinski definition) is 4. The fourth-order valence-corrected chi connectivity index (χ4v) is 3.98. The molecule has 1 saturated carbocycles. The fourth-order valence-electron chi connectivity index (χ4n) is 3.98.